The molecule has 2 N–H and O–H groups in total. The maximum absolute atomic E-state index is 11.7. The number of rotatable bonds is 5. The van der Waals surface area contributed by atoms with E-state index in [1.54, 1.807) is 21.0 Å². The van der Waals surface area contributed by atoms with Gasteiger partial charge in [0.15, 0.2) is 0 Å². The van der Waals surface area contributed by atoms with Crippen molar-refractivity contribution < 1.29 is 19.4 Å². The fourth-order valence-electron chi connectivity index (χ4n) is 2.03. The number of carboxylic acids is 1. The normalized spacial score (nSPS) is 28.2. The summed E-state index contributed by atoms with van der Waals surface area (Å²) in [4.78, 5) is 22.6. The minimum atomic E-state index is -0.898. The lowest BCUT2D eigenvalue weighted by atomic mass is 10.1. The van der Waals surface area contributed by atoms with E-state index in [0.717, 1.165) is 0 Å². The Balaban J connectivity index is 2.48. The zero-order valence-electron chi connectivity index (χ0n) is 10.1. The van der Waals surface area contributed by atoms with Gasteiger partial charge >= 0.3 is 5.97 Å². The summed E-state index contributed by atoms with van der Waals surface area (Å²) in [5.74, 6) is -2.08. The highest BCUT2D eigenvalue weighted by molar-refractivity contribution is 5.91. The first-order chi connectivity index (χ1) is 7.32. The van der Waals surface area contributed by atoms with E-state index in [1.807, 2.05) is 6.92 Å². The predicted octanol–water partition coefficient (Wildman–Crippen LogP) is 0.494. The Labute approximate surface area is 95.2 Å². The number of carbonyl (C=O) groups is 2. The van der Waals surface area contributed by atoms with Gasteiger partial charge in [0.1, 0.15) is 0 Å². The van der Waals surface area contributed by atoms with Crippen LogP contribution in [0.4, 0.5) is 0 Å². The summed E-state index contributed by atoms with van der Waals surface area (Å²) in [6, 6.07) is 0. The van der Waals surface area contributed by atoms with Crippen LogP contribution in [0.1, 0.15) is 20.8 Å². The lowest BCUT2D eigenvalue weighted by molar-refractivity contribution is -0.140. The van der Waals surface area contributed by atoms with Crippen molar-refractivity contribution in [2.45, 2.75) is 26.9 Å². The highest BCUT2D eigenvalue weighted by Crippen LogP contribution is 2.58. The minimum absolute atomic E-state index is 0.0610. The van der Waals surface area contributed by atoms with Gasteiger partial charge in [-0.05, 0) is 12.3 Å². The second-order valence-electron chi connectivity index (χ2n) is 4.91. The molecule has 0 aromatic carbocycles. The van der Waals surface area contributed by atoms with Gasteiger partial charge in [0, 0.05) is 13.7 Å². The molecule has 1 aliphatic rings. The van der Waals surface area contributed by atoms with Crippen LogP contribution in [0.3, 0.4) is 0 Å². The third kappa shape index (κ3) is 2.35. The molecule has 92 valence electrons. The van der Waals surface area contributed by atoms with Crippen molar-refractivity contribution in [1.29, 1.82) is 0 Å². The molecule has 1 saturated carbocycles. The number of hydrogen-bond donors (Lipinski definition) is 2. The predicted molar refractivity (Wildman–Crippen MR) is 57.9 cm³/mol. The number of carbonyl (C=O) groups excluding carboxylic acids is 1. The number of aliphatic carboxylic acids is 1. The second-order valence-corrected chi connectivity index (χ2v) is 4.91. The van der Waals surface area contributed by atoms with E-state index < -0.39 is 23.2 Å². The molecule has 3 atom stereocenters. The molecule has 1 amide bonds. The average molecular weight is 229 g/mol. The van der Waals surface area contributed by atoms with Crippen LogP contribution in [0.15, 0.2) is 0 Å². The molecule has 0 radical (unpaired) electrons. The molecule has 5 nitrogen and oxygen atoms in total. The molecule has 1 unspecified atom stereocenters. The van der Waals surface area contributed by atoms with Crippen molar-refractivity contribution >= 4 is 11.9 Å². The van der Waals surface area contributed by atoms with Crippen molar-refractivity contribution in [2.24, 2.45) is 17.3 Å². The topological polar surface area (TPSA) is 75.6 Å². The van der Waals surface area contributed by atoms with Gasteiger partial charge in [0.25, 0.3) is 0 Å². The van der Waals surface area contributed by atoms with Gasteiger partial charge in [-0.1, -0.05) is 13.8 Å². The van der Waals surface area contributed by atoms with Crippen LogP contribution in [-0.2, 0) is 14.3 Å². The van der Waals surface area contributed by atoms with Crippen molar-refractivity contribution in [3.8, 4) is 0 Å². The first-order valence-electron chi connectivity index (χ1n) is 5.35. The van der Waals surface area contributed by atoms with E-state index in [0.29, 0.717) is 6.54 Å². The van der Waals surface area contributed by atoms with Crippen LogP contribution in [0.5, 0.6) is 0 Å². The van der Waals surface area contributed by atoms with Crippen LogP contribution in [0, 0.1) is 17.3 Å². The Kier molecular flexibility index (Phi) is 3.57. The van der Waals surface area contributed by atoms with E-state index >= 15 is 0 Å². The largest absolute Gasteiger partial charge is 0.481 e. The molecular weight excluding hydrogens is 210 g/mol. The monoisotopic (exact) mass is 229 g/mol. The third-order valence-electron chi connectivity index (χ3n) is 3.34. The molecule has 0 bridgehead atoms. The summed E-state index contributed by atoms with van der Waals surface area (Å²) < 4.78 is 5.00. The number of hydrogen-bond acceptors (Lipinski definition) is 3. The van der Waals surface area contributed by atoms with Gasteiger partial charge in [-0.2, -0.15) is 0 Å². The van der Waals surface area contributed by atoms with E-state index in [-0.39, 0.29) is 12.0 Å². The van der Waals surface area contributed by atoms with E-state index in [9.17, 15) is 9.59 Å². The molecule has 5 heteroatoms. The lowest BCUT2D eigenvalue weighted by Gasteiger charge is -2.11. The molecule has 0 spiro atoms. The highest BCUT2D eigenvalue weighted by Gasteiger charge is 2.65. The summed E-state index contributed by atoms with van der Waals surface area (Å²) in [5.41, 5.74) is -0.438. The van der Waals surface area contributed by atoms with Crippen LogP contribution >= 0.6 is 0 Å². The first-order valence-corrected chi connectivity index (χ1v) is 5.35. The maximum atomic E-state index is 11.7. The molecule has 0 saturated heterocycles. The lowest BCUT2D eigenvalue weighted by Crippen LogP contribution is -2.33. The maximum Gasteiger partial charge on any atom is 0.307 e. The van der Waals surface area contributed by atoms with Crippen molar-refractivity contribution in [2.75, 3.05) is 13.7 Å². The van der Waals surface area contributed by atoms with Gasteiger partial charge in [-0.3, -0.25) is 9.59 Å². The molecule has 0 aromatic heterocycles. The Morgan fingerprint density at radius 2 is 2.00 bits per heavy atom. The quantitative estimate of drug-likeness (QED) is 0.719. The van der Waals surface area contributed by atoms with Crippen LogP contribution in [-0.4, -0.2) is 36.7 Å². The van der Waals surface area contributed by atoms with Crippen molar-refractivity contribution in [3.63, 3.8) is 0 Å². The van der Waals surface area contributed by atoms with Crippen LogP contribution < -0.4 is 5.32 Å². The number of nitrogens with one attached hydrogen (secondary N) is 1. The molecule has 0 aliphatic heterocycles. The molecule has 0 heterocycles. The van der Waals surface area contributed by atoms with Crippen LogP contribution in [0.2, 0.25) is 0 Å². The van der Waals surface area contributed by atoms with Gasteiger partial charge in [-0.25, -0.2) is 0 Å². The van der Waals surface area contributed by atoms with Gasteiger partial charge in [0.2, 0.25) is 5.91 Å². The van der Waals surface area contributed by atoms with Crippen LogP contribution in [0.25, 0.3) is 0 Å². The molecular formula is C11H19NO4. The molecule has 1 fully saturated rings. The Bertz CT molecular complexity index is 300. The summed E-state index contributed by atoms with van der Waals surface area (Å²) in [6.45, 7) is 5.85. The summed E-state index contributed by atoms with van der Waals surface area (Å²) in [5, 5.41) is 11.6. The molecule has 1 aliphatic carbocycles. The van der Waals surface area contributed by atoms with Gasteiger partial charge in [0.05, 0.1) is 17.9 Å². The minimum Gasteiger partial charge on any atom is -0.481 e. The highest BCUT2D eigenvalue weighted by atomic mass is 16.5. The van der Waals surface area contributed by atoms with Crippen molar-refractivity contribution in [1.82, 2.24) is 5.32 Å². The summed E-state index contributed by atoms with van der Waals surface area (Å²) in [6.07, 6.45) is -0.0610. The average Bonchev–Trinajstić information content (AvgIpc) is 2.77. The summed E-state index contributed by atoms with van der Waals surface area (Å²) in [7, 11) is 1.57. The Hall–Kier alpha value is -1.10. The molecule has 16 heavy (non-hydrogen) atoms. The van der Waals surface area contributed by atoms with E-state index in [1.165, 1.54) is 0 Å². The zero-order chi connectivity index (χ0) is 12.5. The zero-order valence-corrected chi connectivity index (χ0v) is 10.1. The molecule has 1 rings (SSSR count). The van der Waals surface area contributed by atoms with Gasteiger partial charge < -0.3 is 15.2 Å². The standard InChI is InChI=1S/C11H19NO4/c1-6(16-4)5-12-9(13)7-8(10(14)15)11(7,2)3/h6-8H,5H2,1-4H3,(H,12,13)(H,14,15)/t6?,7-,8+/m1/s1. The van der Waals surface area contributed by atoms with E-state index in [4.69, 9.17) is 9.84 Å². The summed E-state index contributed by atoms with van der Waals surface area (Å²) >= 11 is 0. The fraction of sp³-hybridized carbons (Fsp3) is 0.818. The number of carboxylic acid groups (broad SMARTS) is 1. The fourth-order valence-corrected chi connectivity index (χ4v) is 2.03. The number of ether oxygens (including phenoxy) is 1. The van der Waals surface area contributed by atoms with Crippen molar-refractivity contribution in [3.05, 3.63) is 0 Å². The number of methoxy groups -OCH3 is 1. The van der Waals surface area contributed by atoms with Gasteiger partial charge in [-0.15, -0.1) is 0 Å². The smallest absolute Gasteiger partial charge is 0.307 e. The SMILES string of the molecule is COC(C)CNC(=O)[C@H]1[C@@H](C(=O)O)C1(C)C. The molecule has 0 aromatic rings. The van der Waals surface area contributed by atoms with E-state index in [2.05, 4.69) is 5.32 Å². The Morgan fingerprint density at radius 3 is 2.38 bits per heavy atom. The number of amides is 1. The first kappa shape index (κ1) is 13.0. The Morgan fingerprint density at radius 1 is 1.44 bits per heavy atom. The third-order valence-corrected chi connectivity index (χ3v) is 3.34. The second kappa shape index (κ2) is 4.41.